The van der Waals surface area contributed by atoms with Gasteiger partial charge in [-0.05, 0) is 105 Å². The molecule has 6 heteroatoms. The normalized spacial score (nSPS) is 29.9. The van der Waals surface area contributed by atoms with Crippen molar-refractivity contribution in [3.8, 4) is 5.75 Å². The maximum atomic E-state index is 13.2. The van der Waals surface area contributed by atoms with Crippen molar-refractivity contribution in [2.24, 2.45) is 23.2 Å². The maximum Gasteiger partial charge on any atom is 0.240 e. The van der Waals surface area contributed by atoms with Gasteiger partial charge in [0, 0.05) is 18.4 Å². The molecule has 2 saturated carbocycles. The molecule has 2 aromatic carbocycles. The van der Waals surface area contributed by atoms with Crippen molar-refractivity contribution < 1.29 is 17.9 Å². The molecule has 0 aromatic heterocycles. The number of benzene rings is 2. The number of fused-ring (bicyclic) bond motifs is 5. The SMILES string of the molecule is COc1ccc2c(c1)CC[C@H]1[C@@H]3[C@H](CCCNS(=O)(=O)c4ccc(C)cc4)CC(=O)[C@@]3(C)CC[C@H]21. The van der Waals surface area contributed by atoms with Crippen LogP contribution in [-0.2, 0) is 21.2 Å². The van der Waals surface area contributed by atoms with E-state index in [2.05, 4.69) is 29.8 Å². The molecule has 0 amide bonds. The molecule has 0 unspecified atom stereocenters. The summed E-state index contributed by atoms with van der Waals surface area (Å²) >= 11 is 0. The molecule has 0 aliphatic heterocycles. The number of hydrogen-bond donors (Lipinski definition) is 1. The second-order valence-electron chi connectivity index (χ2n) is 11.1. The lowest BCUT2D eigenvalue weighted by Crippen LogP contribution is -2.44. The highest BCUT2D eigenvalue weighted by Gasteiger charge is 2.58. The highest BCUT2D eigenvalue weighted by Crippen LogP contribution is 2.62. The van der Waals surface area contributed by atoms with E-state index in [9.17, 15) is 13.2 Å². The van der Waals surface area contributed by atoms with Crippen molar-refractivity contribution in [3.63, 3.8) is 0 Å². The van der Waals surface area contributed by atoms with Crippen LogP contribution < -0.4 is 9.46 Å². The first kappa shape index (κ1) is 24.5. The van der Waals surface area contributed by atoms with Crippen molar-refractivity contribution in [2.75, 3.05) is 13.7 Å². The van der Waals surface area contributed by atoms with Gasteiger partial charge in [-0.1, -0.05) is 30.7 Å². The average Bonchev–Trinajstić information content (AvgIpc) is 3.11. The topological polar surface area (TPSA) is 72.5 Å². The van der Waals surface area contributed by atoms with Crippen LogP contribution in [0, 0.1) is 30.1 Å². The molecule has 5 atom stereocenters. The van der Waals surface area contributed by atoms with E-state index in [1.807, 2.05) is 19.1 Å². The minimum atomic E-state index is -3.50. The van der Waals surface area contributed by atoms with E-state index in [1.165, 1.54) is 11.1 Å². The summed E-state index contributed by atoms with van der Waals surface area (Å²) in [6.45, 7) is 4.55. The third-order valence-corrected chi connectivity index (χ3v) is 10.6. The predicted octanol–water partition coefficient (Wildman–Crippen LogP) is 5.41. The van der Waals surface area contributed by atoms with Crippen LogP contribution in [0.2, 0.25) is 0 Å². The van der Waals surface area contributed by atoms with Crippen LogP contribution >= 0.6 is 0 Å². The number of carbonyl (C=O) groups excluding carboxylic acids is 1. The number of carbonyl (C=O) groups is 1. The molecule has 0 bridgehead atoms. The zero-order valence-corrected chi connectivity index (χ0v) is 21.9. The van der Waals surface area contributed by atoms with E-state index in [4.69, 9.17) is 4.74 Å². The number of rotatable bonds is 7. The van der Waals surface area contributed by atoms with Crippen LogP contribution in [-0.4, -0.2) is 27.9 Å². The number of ether oxygens (including phenoxy) is 1. The van der Waals surface area contributed by atoms with Crippen LogP contribution in [0.25, 0.3) is 0 Å². The summed E-state index contributed by atoms with van der Waals surface area (Å²) < 4.78 is 33.5. The van der Waals surface area contributed by atoms with Gasteiger partial charge in [-0.2, -0.15) is 0 Å². The van der Waals surface area contributed by atoms with Gasteiger partial charge in [-0.3, -0.25) is 4.79 Å². The third-order valence-electron chi connectivity index (χ3n) is 9.15. The Morgan fingerprint density at radius 2 is 1.89 bits per heavy atom. The summed E-state index contributed by atoms with van der Waals surface area (Å²) in [5, 5.41) is 0. The van der Waals surface area contributed by atoms with Crippen LogP contribution in [0.3, 0.4) is 0 Å². The maximum absolute atomic E-state index is 13.2. The summed E-state index contributed by atoms with van der Waals surface area (Å²) in [5.41, 5.74) is 3.67. The number of nitrogens with one attached hydrogen (secondary N) is 1. The first-order valence-electron chi connectivity index (χ1n) is 13.0. The smallest absolute Gasteiger partial charge is 0.240 e. The second-order valence-corrected chi connectivity index (χ2v) is 12.9. The van der Waals surface area contributed by atoms with Crippen molar-refractivity contribution in [1.29, 1.82) is 0 Å². The van der Waals surface area contributed by atoms with E-state index < -0.39 is 10.0 Å². The molecule has 3 aliphatic carbocycles. The Balaban J connectivity index is 1.27. The van der Waals surface area contributed by atoms with Crippen LogP contribution in [0.4, 0.5) is 0 Å². The standard InChI is InChI=1S/C29H37NO4S/c1-19-6-10-23(11-7-19)35(32,33)30-16-4-5-21-18-27(31)29(2)15-14-25-24-13-9-22(34-3)17-20(24)8-12-26(25)28(21)29/h6-7,9-11,13,17,21,25-26,28,30H,4-5,8,12,14-16,18H2,1-3H3/t21-,25-,26-,28+,29-/m1/s1. The molecule has 188 valence electrons. The summed E-state index contributed by atoms with van der Waals surface area (Å²) in [7, 11) is -1.79. The Bertz CT molecular complexity index is 1210. The van der Waals surface area contributed by atoms with Crippen LogP contribution in [0.15, 0.2) is 47.4 Å². The Morgan fingerprint density at radius 1 is 1.11 bits per heavy atom. The summed E-state index contributed by atoms with van der Waals surface area (Å²) in [6, 6.07) is 13.5. The minimum absolute atomic E-state index is 0.225. The lowest BCUT2D eigenvalue weighted by Gasteiger charge is -2.50. The fourth-order valence-electron chi connectivity index (χ4n) is 7.38. The number of ketones is 1. The van der Waals surface area contributed by atoms with E-state index in [0.29, 0.717) is 47.3 Å². The molecular weight excluding hydrogens is 458 g/mol. The summed E-state index contributed by atoms with van der Waals surface area (Å²) in [6.07, 6.45) is 6.48. The Labute approximate surface area is 209 Å². The third kappa shape index (κ3) is 4.44. The van der Waals surface area contributed by atoms with Gasteiger partial charge in [0.2, 0.25) is 10.0 Å². The number of hydrogen-bond acceptors (Lipinski definition) is 4. The number of methoxy groups -OCH3 is 1. The highest BCUT2D eigenvalue weighted by molar-refractivity contribution is 7.89. The Morgan fingerprint density at radius 3 is 2.63 bits per heavy atom. The molecule has 0 saturated heterocycles. The fourth-order valence-corrected chi connectivity index (χ4v) is 8.46. The van der Waals surface area contributed by atoms with Crippen molar-refractivity contribution in [1.82, 2.24) is 4.72 Å². The minimum Gasteiger partial charge on any atom is -0.497 e. The second kappa shape index (κ2) is 9.36. The molecule has 5 rings (SSSR count). The number of sulfonamides is 1. The molecule has 0 heterocycles. The highest BCUT2D eigenvalue weighted by atomic mass is 32.2. The fraction of sp³-hybridized carbons (Fsp3) is 0.552. The first-order valence-corrected chi connectivity index (χ1v) is 14.5. The van der Waals surface area contributed by atoms with Crippen LogP contribution in [0.1, 0.15) is 68.1 Å². The molecule has 0 spiro atoms. The lowest BCUT2D eigenvalue weighted by molar-refractivity contribution is -0.129. The quantitative estimate of drug-likeness (QED) is 0.521. The van der Waals surface area contributed by atoms with Gasteiger partial charge in [0.25, 0.3) is 0 Å². The molecule has 1 N–H and O–H groups in total. The van der Waals surface area contributed by atoms with Crippen molar-refractivity contribution in [2.45, 2.75) is 69.6 Å². The molecular formula is C29H37NO4S. The van der Waals surface area contributed by atoms with Gasteiger partial charge in [-0.15, -0.1) is 0 Å². The molecule has 2 aromatic rings. The number of aryl methyl sites for hydroxylation is 2. The predicted molar refractivity (Wildman–Crippen MR) is 137 cm³/mol. The largest absolute Gasteiger partial charge is 0.497 e. The van der Waals surface area contributed by atoms with Crippen LogP contribution in [0.5, 0.6) is 5.75 Å². The van der Waals surface area contributed by atoms with Crippen molar-refractivity contribution in [3.05, 3.63) is 59.2 Å². The average molecular weight is 496 g/mol. The molecule has 3 aliphatic rings. The zero-order valence-electron chi connectivity index (χ0n) is 21.0. The summed E-state index contributed by atoms with van der Waals surface area (Å²) in [4.78, 5) is 13.5. The van der Waals surface area contributed by atoms with E-state index in [1.54, 1.807) is 19.2 Å². The lowest BCUT2D eigenvalue weighted by atomic mass is 9.54. The number of Topliss-reactive ketones (excluding diaryl/α,β-unsaturated/α-hetero) is 1. The molecule has 2 fully saturated rings. The van der Waals surface area contributed by atoms with E-state index in [-0.39, 0.29) is 5.41 Å². The van der Waals surface area contributed by atoms with Crippen molar-refractivity contribution >= 4 is 15.8 Å². The molecule has 5 nitrogen and oxygen atoms in total. The zero-order chi connectivity index (χ0) is 24.8. The Hall–Kier alpha value is -2.18. The van der Waals surface area contributed by atoms with Gasteiger partial charge >= 0.3 is 0 Å². The van der Waals surface area contributed by atoms with Gasteiger partial charge in [-0.25, -0.2) is 13.1 Å². The van der Waals surface area contributed by atoms with Gasteiger partial charge < -0.3 is 4.74 Å². The molecule has 35 heavy (non-hydrogen) atoms. The molecule has 0 radical (unpaired) electrons. The van der Waals surface area contributed by atoms with Gasteiger partial charge in [0.15, 0.2) is 0 Å². The van der Waals surface area contributed by atoms with E-state index >= 15 is 0 Å². The van der Waals surface area contributed by atoms with Gasteiger partial charge in [0.1, 0.15) is 11.5 Å². The van der Waals surface area contributed by atoms with E-state index in [0.717, 1.165) is 49.8 Å². The first-order chi connectivity index (χ1) is 16.7. The van der Waals surface area contributed by atoms with Gasteiger partial charge in [0.05, 0.1) is 12.0 Å². The monoisotopic (exact) mass is 495 g/mol. The Kier molecular flexibility index (Phi) is 6.56. The summed E-state index contributed by atoms with van der Waals surface area (Å²) in [5.74, 6) is 3.10.